The molecule has 44 heavy (non-hydrogen) atoms. The fourth-order valence-electron chi connectivity index (χ4n) is 7.23. The Balaban J connectivity index is 1.70. The lowest BCUT2D eigenvalue weighted by Gasteiger charge is -2.24. The molecule has 2 amide bonds. The second-order valence-electron chi connectivity index (χ2n) is 12.5. The third-order valence-corrected chi connectivity index (χ3v) is 10.1. The maximum absolute atomic E-state index is 12.6. The number of aromatic amines is 2. The summed E-state index contributed by atoms with van der Waals surface area (Å²) in [5, 5.41) is 25.2. The van der Waals surface area contributed by atoms with E-state index in [2.05, 4.69) is 33.2 Å². The van der Waals surface area contributed by atoms with Crippen molar-refractivity contribution in [3.63, 3.8) is 0 Å². The number of aromatic nitrogens is 2. The molecular weight excluding hydrogens is 580 g/mol. The van der Waals surface area contributed by atoms with Crippen molar-refractivity contribution in [2.24, 2.45) is 11.8 Å². The summed E-state index contributed by atoms with van der Waals surface area (Å²) in [6, 6.07) is -0.231. The Bertz CT molecular complexity index is 1490. The average Bonchev–Trinajstić information content (AvgIpc) is 3.59. The van der Waals surface area contributed by atoms with Gasteiger partial charge in [0.25, 0.3) is 0 Å². The highest BCUT2D eigenvalue weighted by Crippen LogP contribution is 2.34. The van der Waals surface area contributed by atoms with Gasteiger partial charge >= 0.3 is 11.9 Å². The van der Waals surface area contributed by atoms with Gasteiger partial charge < -0.3 is 30.8 Å². The van der Waals surface area contributed by atoms with Crippen LogP contribution < -0.4 is 10.6 Å². The predicted molar refractivity (Wildman–Crippen MR) is 171 cm³/mol. The number of nitrogens with one attached hydrogen (secondary N) is 4. The number of rotatable bonds is 14. The lowest BCUT2D eigenvalue weighted by molar-refractivity contribution is -0.138. The quantitative estimate of drug-likeness (QED) is 0.157. The van der Waals surface area contributed by atoms with E-state index in [1.54, 1.807) is 0 Å². The van der Waals surface area contributed by atoms with Gasteiger partial charge in [-0.05, 0) is 67.9 Å². The molecule has 240 valence electrons. The molecule has 2 aliphatic rings. The number of hydrogen-bond acceptors (Lipinski definition) is 5. The zero-order valence-electron chi connectivity index (χ0n) is 26.5. The molecule has 6 N–H and O–H groups in total. The van der Waals surface area contributed by atoms with Gasteiger partial charge in [-0.3, -0.25) is 19.2 Å². The summed E-state index contributed by atoms with van der Waals surface area (Å²) in [4.78, 5) is 55.3. The van der Waals surface area contributed by atoms with Gasteiger partial charge in [-0.15, -0.1) is 0 Å². The molecule has 0 aliphatic carbocycles. The first-order chi connectivity index (χ1) is 20.7. The standard InChI is InChI=1S/C33H46N4O6S/c1-7-20-15(2)25(36-33(20)43)12-23-16(3)21(8-10-29(38)39)26(34-23)14-27-22(9-11-30(40)41)17(4)24(35-27)13-28-31(19(6)44)18(5)32(42)37-28/h18-19,25,28,31,34-35,44H,7-14H2,1-6H3,(H,36,43)(H,37,42)(H,38,39)(H,40,41)/t18-,19+,25?,28?,31+/m1/s1. The Kier molecular flexibility index (Phi) is 10.4. The van der Waals surface area contributed by atoms with Crippen LogP contribution in [0.25, 0.3) is 0 Å². The average molecular weight is 627 g/mol. The van der Waals surface area contributed by atoms with Crippen molar-refractivity contribution in [1.82, 2.24) is 20.6 Å². The Morgan fingerprint density at radius 3 is 1.84 bits per heavy atom. The molecule has 11 heteroatoms. The number of H-pyrrole nitrogens is 2. The first kappa shape index (κ1) is 33.4. The first-order valence-corrected chi connectivity index (χ1v) is 16.1. The molecule has 0 aromatic carbocycles. The largest absolute Gasteiger partial charge is 0.481 e. The van der Waals surface area contributed by atoms with E-state index in [9.17, 15) is 29.4 Å². The molecule has 0 bridgehead atoms. The van der Waals surface area contributed by atoms with Crippen molar-refractivity contribution in [2.45, 2.75) is 110 Å². The Morgan fingerprint density at radius 1 is 0.864 bits per heavy atom. The molecular formula is C33H46N4O6S. The molecule has 2 aliphatic heterocycles. The molecule has 2 aromatic rings. The number of carboxylic acids is 2. The normalized spacial score (nSPS) is 22.4. The number of hydrogen-bond donors (Lipinski definition) is 7. The molecule has 1 fully saturated rings. The lowest BCUT2D eigenvalue weighted by Crippen LogP contribution is -2.34. The van der Waals surface area contributed by atoms with Crippen LogP contribution in [0.3, 0.4) is 0 Å². The minimum Gasteiger partial charge on any atom is -0.481 e. The van der Waals surface area contributed by atoms with Crippen molar-refractivity contribution in [2.75, 3.05) is 0 Å². The van der Waals surface area contributed by atoms with E-state index in [0.29, 0.717) is 38.5 Å². The number of thiol groups is 1. The maximum atomic E-state index is 12.6. The topological polar surface area (TPSA) is 164 Å². The summed E-state index contributed by atoms with van der Waals surface area (Å²) in [5.41, 5.74) is 9.35. The van der Waals surface area contributed by atoms with Gasteiger partial charge in [0.2, 0.25) is 11.8 Å². The Morgan fingerprint density at radius 2 is 1.39 bits per heavy atom. The third-order valence-electron chi connectivity index (χ3n) is 9.78. The van der Waals surface area contributed by atoms with Crippen LogP contribution in [0.15, 0.2) is 11.1 Å². The summed E-state index contributed by atoms with van der Waals surface area (Å²) in [5.74, 6) is -1.88. The van der Waals surface area contributed by atoms with Gasteiger partial charge in [0.05, 0.1) is 6.04 Å². The number of amides is 2. The molecule has 0 spiro atoms. The highest BCUT2D eigenvalue weighted by molar-refractivity contribution is 7.80. The highest BCUT2D eigenvalue weighted by atomic mass is 32.1. The highest BCUT2D eigenvalue weighted by Gasteiger charge is 2.41. The van der Waals surface area contributed by atoms with E-state index in [0.717, 1.165) is 56.2 Å². The summed E-state index contributed by atoms with van der Waals surface area (Å²) in [7, 11) is 0. The van der Waals surface area contributed by atoms with Crippen molar-refractivity contribution in [3.8, 4) is 0 Å². The van der Waals surface area contributed by atoms with Crippen LogP contribution in [0, 0.1) is 25.7 Å². The molecule has 4 rings (SSSR count). The van der Waals surface area contributed by atoms with E-state index in [1.165, 1.54) is 0 Å². The molecule has 1 saturated heterocycles. The monoisotopic (exact) mass is 626 g/mol. The number of carbonyl (C=O) groups excluding carboxylic acids is 2. The lowest BCUT2D eigenvalue weighted by atomic mass is 9.86. The van der Waals surface area contributed by atoms with Crippen LogP contribution in [-0.4, -0.2) is 61.3 Å². The zero-order valence-corrected chi connectivity index (χ0v) is 27.4. The minimum absolute atomic E-state index is 0.0171. The van der Waals surface area contributed by atoms with Gasteiger partial charge in [0.1, 0.15) is 0 Å². The van der Waals surface area contributed by atoms with Crippen molar-refractivity contribution < 1.29 is 29.4 Å². The van der Waals surface area contributed by atoms with E-state index in [-0.39, 0.29) is 53.8 Å². The maximum Gasteiger partial charge on any atom is 0.303 e. The molecule has 2 aromatic heterocycles. The van der Waals surface area contributed by atoms with Crippen molar-refractivity contribution in [3.05, 3.63) is 56.2 Å². The number of aliphatic carboxylic acids is 2. The smallest absolute Gasteiger partial charge is 0.303 e. The number of carboxylic acid groups (broad SMARTS) is 2. The summed E-state index contributed by atoms with van der Waals surface area (Å²) in [6.45, 7) is 11.9. The van der Waals surface area contributed by atoms with Crippen LogP contribution >= 0.6 is 12.6 Å². The van der Waals surface area contributed by atoms with Gasteiger partial charge in [-0.2, -0.15) is 12.6 Å². The zero-order chi connectivity index (χ0) is 32.5. The Labute approximate surface area is 264 Å². The second kappa shape index (κ2) is 13.7. The second-order valence-corrected chi connectivity index (χ2v) is 13.3. The summed E-state index contributed by atoms with van der Waals surface area (Å²) in [6.07, 6.45) is 2.91. The van der Waals surface area contributed by atoms with Gasteiger partial charge in [0, 0.05) is 83.6 Å². The molecule has 0 radical (unpaired) electrons. The summed E-state index contributed by atoms with van der Waals surface area (Å²) < 4.78 is 0. The van der Waals surface area contributed by atoms with Gasteiger partial charge in [-0.25, -0.2) is 0 Å². The van der Waals surface area contributed by atoms with Gasteiger partial charge in [0.15, 0.2) is 0 Å². The molecule has 2 unspecified atom stereocenters. The SMILES string of the molecule is CCC1=C(C)C(Cc2[nH]c(Cc3[nH]c(CC4NC(=O)[C@H](C)[C@H]4[C@H](C)S)c(C)c3CCC(=O)O)c(CCC(=O)O)c2C)NC1=O. The van der Waals surface area contributed by atoms with E-state index in [1.807, 2.05) is 41.5 Å². The fourth-order valence-corrected chi connectivity index (χ4v) is 7.70. The molecule has 10 nitrogen and oxygen atoms in total. The molecule has 0 saturated carbocycles. The van der Waals surface area contributed by atoms with Crippen LogP contribution in [0.4, 0.5) is 0 Å². The van der Waals surface area contributed by atoms with Crippen LogP contribution in [0.5, 0.6) is 0 Å². The van der Waals surface area contributed by atoms with Gasteiger partial charge in [-0.1, -0.05) is 20.8 Å². The van der Waals surface area contributed by atoms with E-state index < -0.39 is 11.9 Å². The van der Waals surface area contributed by atoms with Crippen LogP contribution in [0.2, 0.25) is 0 Å². The van der Waals surface area contributed by atoms with Crippen LogP contribution in [-0.2, 0) is 51.3 Å². The molecule has 4 heterocycles. The Hall–Kier alpha value is -3.47. The fraction of sp³-hybridized carbons (Fsp3) is 0.576. The predicted octanol–water partition coefficient (Wildman–Crippen LogP) is 3.96. The summed E-state index contributed by atoms with van der Waals surface area (Å²) >= 11 is 4.67. The third kappa shape index (κ3) is 6.92. The van der Waals surface area contributed by atoms with Crippen LogP contribution in [0.1, 0.15) is 92.0 Å². The number of carbonyl (C=O) groups is 4. The van der Waals surface area contributed by atoms with Crippen molar-refractivity contribution in [1.29, 1.82) is 0 Å². The minimum atomic E-state index is -0.882. The first-order valence-electron chi connectivity index (χ1n) is 15.5. The van der Waals surface area contributed by atoms with E-state index in [4.69, 9.17) is 0 Å². The van der Waals surface area contributed by atoms with E-state index >= 15 is 0 Å². The molecule has 5 atom stereocenters. The van der Waals surface area contributed by atoms with Crippen molar-refractivity contribution >= 4 is 36.4 Å².